The number of aromatic nitrogens is 2. The van der Waals surface area contributed by atoms with E-state index in [1.807, 2.05) is 0 Å². The van der Waals surface area contributed by atoms with Gasteiger partial charge in [0.15, 0.2) is 5.13 Å². The zero-order chi connectivity index (χ0) is 13.2. The summed E-state index contributed by atoms with van der Waals surface area (Å²) in [6, 6.07) is 3.19. The Morgan fingerprint density at radius 3 is 2.84 bits per heavy atom. The summed E-state index contributed by atoms with van der Waals surface area (Å²) in [6.07, 6.45) is 5.96. The van der Waals surface area contributed by atoms with E-state index in [-0.39, 0.29) is 5.56 Å². The summed E-state index contributed by atoms with van der Waals surface area (Å²) in [5.74, 6) is -0.347. The van der Waals surface area contributed by atoms with Crippen LogP contribution >= 0.6 is 11.3 Å². The van der Waals surface area contributed by atoms with Gasteiger partial charge in [-0.3, -0.25) is 0 Å². The van der Waals surface area contributed by atoms with Crippen molar-refractivity contribution in [3.05, 3.63) is 34.5 Å². The van der Waals surface area contributed by atoms with Gasteiger partial charge in [-0.2, -0.15) is 0 Å². The maximum Gasteiger partial charge on any atom is 0.337 e. The van der Waals surface area contributed by atoms with Crippen molar-refractivity contribution in [1.82, 2.24) is 9.97 Å². The first-order valence-corrected chi connectivity index (χ1v) is 6.99. The molecule has 2 aromatic heterocycles. The number of carboxylic acids is 1. The van der Waals surface area contributed by atoms with Crippen LogP contribution in [0, 0.1) is 0 Å². The molecule has 19 heavy (non-hydrogen) atoms. The third-order valence-electron chi connectivity index (χ3n) is 3.09. The smallest absolute Gasteiger partial charge is 0.337 e. The van der Waals surface area contributed by atoms with Crippen molar-refractivity contribution < 1.29 is 9.90 Å². The SMILES string of the molecule is O=C(O)c1ccc(Nc2nc3c(s2)CCCC3)nc1. The highest BCUT2D eigenvalue weighted by Crippen LogP contribution is 2.30. The van der Waals surface area contributed by atoms with Crippen molar-refractivity contribution in [1.29, 1.82) is 0 Å². The first-order valence-electron chi connectivity index (χ1n) is 6.17. The summed E-state index contributed by atoms with van der Waals surface area (Å²) in [7, 11) is 0. The zero-order valence-electron chi connectivity index (χ0n) is 10.2. The molecule has 98 valence electrons. The largest absolute Gasteiger partial charge is 0.478 e. The number of thiazole rings is 1. The number of hydrogen-bond acceptors (Lipinski definition) is 5. The van der Waals surface area contributed by atoms with Gasteiger partial charge in [-0.15, -0.1) is 11.3 Å². The van der Waals surface area contributed by atoms with Crippen LogP contribution in [-0.4, -0.2) is 21.0 Å². The Morgan fingerprint density at radius 1 is 1.32 bits per heavy atom. The highest BCUT2D eigenvalue weighted by atomic mass is 32.1. The predicted octanol–water partition coefficient (Wildman–Crippen LogP) is 2.86. The lowest BCUT2D eigenvalue weighted by atomic mass is 10.0. The van der Waals surface area contributed by atoms with Gasteiger partial charge in [-0.25, -0.2) is 14.8 Å². The maximum atomic E-state index is 10.7. The predicted molar refractivity (Wildman–Crippen MR) is 73.2 cm³/mol. The van der Waals surface area contributed by atoms with E-state index in [1.54, 1.807) is 17.4 Å². The van der Waals surface area contributed by atoms with E-state index < -0.39 is 5.97 Å². The molecule has 0 bridgehead atoms. The molecule has 0 aromatic carbocycles. The number of aromatic carboxylic acids is 1. The fraction of sp³-hybridized carbons (Fsp3) is 0.308. The topological polar surface area (TPSA) is 75.1 Å². The van der Waals surface area contributed by atoms with E-state index in [4.69, 9.17) is 5.11 Å². The van der Waals surface area contributed by atoms with Crippen LogP contribution in [0.5, 0.6) is 0 Å². The lowest BCUT2D eigenvalue weighted by Gasteiger charge is -2.06. The van der Waals surface area contributed by atoms with Crippen LogP contribution < -0.4 is 5.32 Å². The van der Waals surface area contributed by atoms with Gasteiger partial charge in [0, 0.05) is 11.1 Å². The third-order valence-corrected chi connectivity index (χ3v) is 4.16. The molecule has 2 aromatic rings. The Morgan fingerprint density at radius 2 is 2.16 bits per heavy atom. The van der Waals surface area contributed by atoms with Crippen LogP contribution in [0.3, 0.4) is 0 Å². The summed E-state index contributed by atoms with van der Waals surface area (Å²) >= 11 is 1.66. The van der Waals surface area contributed by atoms with E-state index in [9.17, 15) is 4.79 Å². The number of pyridine rings is 1. The molecule has 1 aliphatic carbocycles. The van der Waals surface area contributed by atoms with E-state index in [0.29, 0.717) is 5.82 Å². The van der Waals surface area contributed by atoms with E-state index in [1.165, 1.54) is 35.7 Å². The number of nitrogens with zero attached hydrogens (tertiary/aromatic N) is 2. The molecule has 0 atom stereocenters. The molecule has 3 rings (SSSR count). The zero-order valence-corrected chi connectivity index (χ0v) is 11.0. The standard InChI is InChI=1S/C13H13N3O2S/c17-12(18)8-5-6-11(14-7-8)16-13-15-9-3-1-2-4-10(9)19-13/h5-7H,1-4H2,(H,17,18)(H,14,15,16). The summed E-state index contributed by atoms with van der Waals surface area (Å²) in [6.45, 7) is 0. The molecule has 0 amide bonds. The summed E-state index contributed by atoms with van der Waals surface area (Å²) in [4.78, 5) is 20.7. The molecule has 2 heterocycles. The summed E-state index contributed by atoms with van der Waals surface area (Å²) in [5.41, 5.74) is 1.38. The van der Waals surface area contributed by atoms with Crippen LogP contribution in [-0.2, 0) is 12.8 Å². The summed E-state index contributed by atoms with van der Waals surface area (Å²) < 4.78 is 0. The van der Waals surface area contributed by atoms with Crippen molar-refractivity contribution in [3.63, 3.8) is 0 Å². The van der Waals surface area contributed by atoms with Gasteiger partial charge in [-0.1, -0.05) is 0 Å². The first-order chi connectivity index (χ1) is 9.22. The monoisotopic (exact) mass is 275 g/mol. The summed E-state index contributed by atoms with van der Waals surface area (Å²) in [5, 5.41) is 12.8. The van der Waals surface area contributed by atoms with Crippen molar-refractivity contribution in [2.24, 2.45) is 0 Å². The number of carboxylic acid groups (broad SMARTS) is 1. The Balaban J connectivity index is 1.77. The van der Waals surface area contributed by atoms with Crippen molar-refractivity contribution in [2.75, 3.05) is 5.32 Å². The maximum absolute atomic E-state index is 10.7. The Kier molecular flexibility index (Phi) is 3.16. The Labute approximate surface area is 114 Å². The normalized spacial score (nSPS) is 13.9. The number of aryl methyl sites for hydroxylation is 2. The van der Waals surface area contributed by atoms with Crippen molar-refractivity contribution in [2.45, 2.75) is 25.7 Å². The van der Waals surface area contributed by atoms with Gasteiger partial charge in [0.25, 0.3) is 0 Å². The van der Waals surface area contributed by atoms with Gasteiger partial charge < -0.3 is 10.4 Å². The van der Waals surface area contributed by atoms with E-state index in [2.05, 4.69) is 15.3 Å². The molecule has 6 heteroatoms. The molecule has 0 saturated carbocycles. The molecule has 2 N–H and O–H groups in total. The van der Waals surface area contributed by atoms with Crippen molar-refractivity contribution in [3.8, 4) is 0 Å². The molecule has 0 saturated heterocycles. The quantitative estimate of drug-likeness (QED) is 0.901. The fourth-order valence-corrected chi connectivity index (χ4v) is 3.17. The molecular formula is C13H13N3O2S. The van der Waals surface area contributed by atoms with Gasteiger partial charge in [-0.05, 0) is 37.8 Å². The second-order valence-electron chi connectivity index (χ2n) is 4.46. The first kappa shape index (κ1) is 12.1. The van der Waals surface area contributed by atoms with Gasteiger partial charge in [0.05, 0.1) is 11.3 Å². The average Bonchev–Trinajstić information content (AvgIpc) is 2.81. The molecule has 0 unspecified atom stereocenters. The molecule has 5 nitrogen and oxygen atoms in total. The van der Waals surface area contributed by atoms with Gasteiger partial charge in [0.2, 0.25) is 0 Å². The second kappa shape index (κ2) is 4.97. The lowest BCUT2D eigenvalue weighted by Crippen LogP contribution is -2.00. The lowest BCUT2D eigenvalue weighted by molar-refractivity contribution is 0.0696. The molecule has 0 radical (unpaired) electrons. The molecule has 0 spiro atoms. The second-order valence-corrected chi connectivity index (χ2v) is 5.54. The van der Waals surface area contributed by atoms with Crippen LogP contribution in [0.15, 0.2) is 18.3 Å². The number of hydrogen-bond donors (Lipinski definition) is 2. The highest BCUT2D eigenvalue weighted by Gasteiger charge is 2.15. The molecular weight excluding hydrogens is 262 g/mol. The number of nitrogens with one attached hydrogen (secondary N) is 1. The van der Waals surface area contributed by atoms with Crippen molar-refractivity contribution >= 4 is 28.3 Å². The van der Waals surface area contributed by atoms with Crippen LogP contribution in [0.25, 0.3) is 0 Å². The fourth-order valence-electron chi connectivity index (χ4n) is 2.11. The molecule has 1 aliphatic rings. The number of anilines is 2. The molecule has 0 fully saturated rings. The number of rotatable bonds is 3. The van der Waals surface area contributed by atoms with Crippen LogP contribution in [0.2, 0.25) is 0 Å². The Bertz CT molecular complexity index is 583. The third kappa shape index (κ3) is 2.58. The highest BCUT2D eigenvalue weighted by molar-refractivity contribution is 7.15. The Hall–Kier alpha value is -1.95. The average molecular weight is 275 g/mol. The number of fused-ring (bicyclic) bond motifs is 1. The number of carbonyl (C=O) groups is 1. The minimum Gasteiger partial charge on any atom is -0.478 e. The van der Waals surface area contributed by atoms with E-state index in [0.717, 1.165) is 18.0 Å². The van der Waals surface area contributed by atoms with Gasteiger partial charge >= 0.3 is 5.97 Å². The minimum atomic E-state index is -0.969. The molecule has 0 aliphatic heterocycles. The van der Waals surface area contributed by atoms with E-state index >= 15 is 0 Å². The van der Waals surface area contributed by atoms with Crippen LogP contribution in [0.1, 0.15) is 33.8 Å². The van der Waals surface area contributed by atoms with Gasteiger partial charge in [0.1, 0.15) is 5.82 Å². The minimum absolute atomic E-state index is 0.184. The van der Waals surface area contributed by atoms with Crippen LogP contribution in [0.4, 0.5) is 10.9 Å².